The van der Waals surface area contributed by atoms with E-state index in [2.05, 4.69) is 4.72 Å². The quantitative estimate of drug-likeness (QED) is 0.569. The number of aliphatic hydroxyl groups excluding tert-OH is 1. The molecule has 1 unspecified atom stereocenters. The monoisotopic (exact) mass is 288 g/mol. The van der Waals surface area contributed by atoms with Crippen molar-refractivity contribution in [2.45, 2.75) is 25.2 Å². The Morgan fingerprint density at radius 1 is 1.37 bits per heavy atom. The lowest BCUT2D eigenvalue weighted by Crippen LogP contribution is -2.27. The maximum atomic E-state index is 11.7. The normalized spacial score (nSPS) is 13.2. The predicted octanol–water partition coefficient (Wildman–Crippen LogP) is 0.785. The van der Waals surface area contributed by atoms with Gasteiger partial charge in [-0.1, -0.05) is 12.1 Å². The number of hydrogen-bond acceptors (Lipinski definition) is 5. The third-order valence-electron chi connectivity index (χ3n) is 2.39. The number of aliphatic hydroxyl groups is 1. The minimum atomic E-state index is -3.49. The molecular formula is C11H16N2O5S. The fourth-order valence-electron chi connectivity index (χ4n) is 1.41. The molecule has 0 heterocycles. The first-order valence-corrected chi connectivity index (χ1v) is 7.34. The second-order valence-corrected chi connectivity index (χ2v) is 6.02. The Labute approximate surface area is 111 Å². The number of nitrogens with zero attached hydrogens (tertiary/aromatic N) is 1. The first-order valence-electron chi connectivity index (χ1n) is 5.69. The molecule has 19 heavy (non-hydrogen) atoms. The van der Waals surface area contributed by atoms with Gasteiger partial charge in [0.15, 0.2) is 0 Å². The number of nitrogens with one attached hydrogen (secondary N) is 1. The fourth-order valence-corrected chi connectivity index (χ4v) is 2.57. The van der Waals surface area contributed by atoms with Gasteiger partial charge in [-0.25, -0.2) is 13.1 Å². The van der Waals surface area contributed by atoms with Crippen molar-refractivity contribution in [1.82, 2.24) is 4.72 Å². The molecule has 0 fully saturated rings. The van der Waals surface area contributed by atoms with Gasteiger partial charge in [0.1, 0.15) is 0 Å². The summed E-state index contributed by atoms with van der Waals surface area (Å²) in [6.45, 7) is 1.73. The average Bonchev–Trinajstić information content (AvgIpc) is 2.28. The van der Waals surface area contributed by atoms with Gasteiger partial charge in [0.05, 0.1) is 16.8 Å². The van der Waals surface area contributed by atoms with Gasteiger partial charge in [0, 0.05) is 18.7 Å². The van der Waals surface area contributed by atoms with Crippen LogP contribution in [-0.2, 0) is 15.8 Å². The zero-order chi connectivity index (χ0) is 14.5. The molecular weight excluding hydrogens is 272 g/mol. The molecule has 106 valence electrons. The van der Waals surface area contributed by atoms with E-state index in [1.165, 1.54) is 24.3 Å². The molecule has 7 nitrogen and oxygen atoms in total. The lowest BCUT2D eigenvalue weighted by Gasteiger charge is -2.07. The first-order chi connectivity index (χ1) is 8.80. The van der Waals surface area contributed by atoms with E-state index in [4.69, 9.17) is 5.11 Å². The van der Waals surface area contributed by atoms with E-state index in [0.29, 0.717) is 12.0 Å². The van der Waals surface area contributed by atoms with Crippen LogP contribution in [0.15, 0.2) is 24.3 Å². The minimum Gasteiger partial charge on any atom is -0.393 e. The molecule has 0 radical (unpaired) electrons. The van der Waals surface area contributed by atoms with Crippen molar-refractivity contribution in [2.75, 3.05) is 6.54 Å². The molecule has 0 amide bonds. The Morgan fingerprint density at radius 2 is 1.95 bits per heavy atom. The van der Waals surface area contributed by atoms with Gasteiger partial charge in [-0.05, 0) is 18.9 Å². The molecule has 1 aromatic rings. The smallest absolute Gasteiger partial charge is 0.269 e. The summed E-state index contributed by atoms with van der Waals surface area (Å²) in [5.74, 6) is -0.245. The maximum absolute atomic E-state index is 11.7. The van der Waals surface area contributed by atoms with Gasteiger partial charge >= 0.3 is 0 Å². The number of sulfonamides is 1. The zero-order valence-electron chi connectivity index (χ0n) is 10.4. The molecule has 0 aliphatic rings. The first kappa shape index (κ1) is 15.5. The van der Waals surface area contributed by atoms with Crippen LogP contribution >= 0.6 is 0 Å². The molecule has 8 heteroatoms. The number of rotatable bonds is 7. The second kappa shape index (κ2) is 6.60. The average molecular weight is 288 g/mol. The van der Waals surface area contributed by atoms with Crippen LogP contribution in [-0.4, -0.2) is 31.1 Å². The van der Waals surface area contributed by atoms with Crippen molar-refractivity contribution in [1.29, 1.82) is 0 Å². The molecule has 1 aromatic carbocycles. The lowest BCUT2D eigenvalue weighted by molar-refractivity contribution is -0.384. The van der Waals surface area contributed by atoms with Crippen LogP contribution in [0.2, 0.25) is 0 Å². The maximum Gasteiger partial charge on any atom is 0.269 e. The van der Waals surface area contributed by atoms with Crippen molar-refractivity contribution < 1.29 is 18.4 Å². The molecule has 0 spiro atoms. The van der Waals surface area contributed by atoms with Crippen LogP contribution in [0, 0.1) is 10.1 Å². The van der Waals surface area contributed by atoms with Crippen LogP contribution in [0.5, 0.6) is 0 Å². The number of benzene rings is 1. The SMILES string of the molecule is CC(O)CCNS(=O)(=O)Cc1ccc([N+](=O)[O-])cc1. The summed E-state index contributed by atoms with van der Waals surface area (Å²) < 4.78 is 25.7. The molecule has 1 atom stereocenters. The van der Waals surface area contributed by atoms with E-state index in [1.54, 1.807) is 6.92 Å². The molecule has 1 rings (SSSR count). The Hall–Kier alpha value is -1.51. The molecule has 0 aliphatic carbocycles. The van der Waals surface area contributed by atoms with Gasteiger partial charge in [-0.2, -0.15) is 0 Å². The van der Waals surface area contributed by atoms with Crippen LogP contribution in [0.3, 0.4) is 0 Å². The number of nitro groups is 1. The standard InChI is InChI=1S/C11H16N2O5S/c1-9(14)6-7-12-19(17,18)8-10-2-4-11(5-3-10)13(15)16/h2-5,9,12,14H,6-8H2,1H3. The molecule has 2 N–H and O–H groups in total. The molecule has 0 aliphatic heterocycles. The van der Waals surface area contributed by atoms with E-state index in [-0.39, 0.29) is 18.0 Å². The van der Waals surface area contributed by atoms with Crippen molar-refractivity contribution in [3.63, 3.8) is 0 Å². The van der Waals surface area contributed by atoms with Gasteiger partial charge in [-0.3, -0.25) is 10.1 Å². The van der Waals surface area contributed by atoms with E-state index in [1.807, 2.05) is 0 Å². The van der Waals surface area contributed by atoms with Crippen LogP contribution in [0.1, 0.15) is 18.9 Å². The van der Waals surface area contributed by atoms with Gasteiger partial charge in [0.2, 0.25) is 10.0 Å². The van der Waals surface area contributed by atoms with Crippen molar-refractivity contribution in [3.05, 3.63) is 39.9 Å². The largest absolute Gasteiger partial charge is 0.393 e. The second-order valence-electron chi connectivity index (χ2n) is 4.21. The highest BCUT2D eigenvalue weighted by Gasteiger charge is 2.12. The highest BCUT2D eigenvalue weighted by Crippen LogP contribution is 2.13. The summed E-state index contributed by atoms with van der Waals surface area (Å²) in [5.41, 5.74) is 0.387. The number of hydrogen-bond donors (Lipinski definition) is 2. The third kappa shape index (κ3) is 5.77. The Bertz CT molecular complexity index is 525. The van der Waals surface area contributed by atoms with Gasteiger partial charge in [-0.15, -0.1) is 0 Å². The molecule has 0 aromatic heterocycles. The minimum absolute atomic E-state index is 0.0804. The summed E-state index contributed by atoms with van der Waals surface area (Å²) in [6.07, 6.45) is -0.235. The van der Waals surface area contributed by atoms with Crippen molar-refractivity contribution in [3.8, 4) is 0 Å². The summed E-state index contributed by atoms with van der Waals surface area (Å²) in [5, 5.41) is 19.5. The fraction of sp³-hybridized carbons (Fsp3) is 0.455. The zero-order valence-corrected chi connectivity index (χ0v) is 11.3. The van der Waals surface area contributed by atoms with Crippen molar-refractivity contribution in [2.24, 2.45) is 0 Å². The summed E-state index contributed by atoms with van der Waals surface area (Å²) in [7, 11) is -3.49. The molecule has 0 saturated carbocycles. The number of non-ortho nitro benzene ring substituents is 1. The van der Waals surface area contributed by atoms with Crippen LogP contribution in [0.25, 0.3) is 0 Å². The summed E-state index contributed by atoms with van der Waals surface area (Å²) in [6, 6.07) is 5.35. The lowest BCUT2D eigenvalue weighted by atomic mass is 10.2. The van der Waals surface area contributed by atoms with E-state index in [9.17, 15) is 18.5 Å². The summed E-state index contributed by atoms with van der Waals surface area (Å²) >= 11 is 0. The van der Waals surface area contributed by atoms with Gasteiger partial charge < -0.3 is 5.11 Å². The molecule has 0 bridgehead atoms. The predicted molar refractivity (Wildman–Crippen MR) is 70.0 cm³/mol. The molecule has 0 saturated heterocycles. The topological polar surface area (TPSA) is 110 Å². The Balaban J connectivity index is 2.60. The Kier molecular flexibility index (Phi) is 5.40. The van der Waals surface area contributed by atoms with Crippen LogP contribution < -0.4 is 4.72 Å². The Morgan fingerprint density at radius 3 is 2.42 bits per heavy atom. The van der Waals surface area contributed by atoms with E-state index >= 15 is 0 Å². The highest BCUT2D eigenvalue weighted by atomic mass is 32.2. The van der Waals surface area contributed by atoms with Crippen LogP contribution in [0.4, 0.5) is 5.69 Å². The van der Waals surface area contributed by atoms with Gasteiger partial charge in [0.25, 0.3) is 5.69 Å². The summed E-state index contributed by atoms with van der Waals surface area (Å²) in [4.78, 5) is 9.91. The highest BCUT2D eigenvalue weighted by molar-refractivity contribution is 7.88. The van der Waals surface area contributed by atoms with E-state index < -0.39 is 21.1 Å². The van der Waals surface area contributed by atoms with E-state index in [0.717, 1.165) is 0 Å². The third-order valence-corrected chi connectivity index (χ3v) is 3.75. The number of nitro benzene ring substituents is 1. The van der Waals surface area contributed by atoms with Crippen molar-refractivity contribution >= 4 is 15.7 Å².